The van der Waals surface area contributed by atoms with Gasteiger partial charge in [0.25, 0.3) is 0 Å². The topological polar surface area (TPSA) is 23.8 Å². The molecule has 2 atom stereocenters. The molecule has 0 aromatic heterocycles. The maximum atomic E-state index is 8.93. The number of hydrogen-bond acceptors (Lipinski definition) is 1. The van der Waals surface area contributed by atoms with Gasteiger partial charge in [-0.3, -0.25) is 0 Å². The zero-order chi connectivity index (χ0) is 10.3. The van der Waals surface area contributed by atoms with Gasteiger partial charge in [-0.2, -0.15) is 5.26 Å². The Morgan fingerprint density at radius 2 is 2.07 bits per heavy atom. The van der Waals surface area contributed by atoms with Crippen LogP contribution >= 0.6 is 0 Å². The third kappa shape index (κ3) is 1.23. The number of fused-ring (bicyclic) bond motifs is 1. The molecule has 0 radical (unpaired) electrons. The summed E-state index contributed by atoms with van der Waals surface area (Å²) >= 11 is 0. The fraction of sp³-hybridized carbons (Fsp3) is 0.462. The van der Waals surface area contributed by atoms with Gasteiger partial charge in [-0.05, 0) is 47.9 Å². The third-order valence-corrected chi connectivity index (χ3v) is 3.49. The Bertz CT molecular complexity index is 412. The molecule has 1 heteroatoms. The second kappa shape index (κ2) is 3.13. The number of nitriles is 1. The van der Waals surface area contributed by atoms with Gasteiger partial charge >= 0.3 is 0 Å². The lowest BCUT2D eigenvalue weighted by molar-refractivity contribution is 0.532. The van der Waals surface area contributed by atoms with E-state index >= 15 is 0 Å². The van der Waals surface area contributed by atoms with Crippen molar-refractivity contribution in [2.24, 2.45) is 5.92 Å². The van der Waals surface area contributed by atoms with E-state index in [2.05, 4.69) is 32.0 Å². The molecule has 0 N–H and O–H groups in total. The summed E-state index contributed by atoms with van der Waals surface area (Å²) in [5.41, 5.74) is 4.79. The van der Waals surface area contributed by atoms with Crippen LogP contribution < -0.4 is 0 Å². The second-order valence-corrected chi connectivity index (χ2v) is 4.45. The predicted octanol–water partition coefficient (Wildman–Crippen LogP) is 3.16. The normalized spacial score (nSPS) is 24.4. The number of rotatable bonds is 0. The summed E-state index contributed by atoms with van der Waals surface area (Å²) in [7, 11) is 0. The standard InChI is InChI=1S/C13H15N/c1-8-4-11-6-12(7-14)9(2)5-13(11)10(8)3/h5-6,8,10H,4H2,1-3H3/t8-,10-/m0/s1. The molecule has 1 aliphatic rings. The van der Waals surface area contributed by atoms with Gasteiger partial charge in [0.05, 0.1) is 11.6 Å². The molecule has 0 amide bonds. The highest BCUT2D eigenvalue weighted by molar-refractivity contribution is 5.47. The van der Waals surface area contributed by atoms with Crippen molar-refractivity contribution in [1.82, 2.24) is 0 Å². The number of nitrogens with zero attached hydrogens (tertiary/aromatic N) is 1. The van der Waals surface area contributed by atoms with Crippen LogP contribution in [0.5, 0.6) is 0 Å². The van der Waals surface area contributed by atoms with Crippen LogP contribution in [0.4, 0.5) is 0 Å². The van der Waals surface area contributed by atoms with E-state index in [0.29, 0.717) is 5.92 Å². The zero-order valence-electron chi connectivity index (χ0n) is 8.96. The fourth-order valence-corrected chi connectivity index (χ4v) is 2.33. The molecule has 0 saturated carbocycles. The molecule has 1 nitrogen and oxygen atoms in total. The van der Waals surface area contributed by atoms with Crippen molar-refractivity contribution in [1.29, 1.82) is 5.26 Å². The Hall–Kier alpha value is -1.29. The largest absolute Gasteiger partial charge is 0.192 e. The Morgan fingerprint density at radius 3 is 2.71 bits per heavy atom. The SMILES string of the molecule is Cc1cc2c(cc1C#N)C[C@H](C)[C@@H]2C. The lowest BCUT2D eigenvalue weighted by atomic mass is 9.95. The van der Waals surface area contributed by atoms with Crippen LogP contribution in [0.25, 0.3) is 0 Å². The van der Waals surface area contributed by atoms with Gasteiger partial charge in [-0.15, -0.1) is 0 Å². The van der Waals surface area contributed by atoms with Crippen LogP contribution in [-0.2, 0) is 6.42 Å². The zero-order valence-corrected chi connectivity index (χ0v) is 8.96. The van der Waals surface area contributed by atoms with Gasteiger partial charge in [0.1, 0.15) is 0 Å². The monoisotopic (exact) mass is 185 g/mol. The van der Waals surface area contributed by atoms with E-state index in [-0.39, 0.29) is 0 Å². The first-order valence-corrected chi connectivity index (χ1v) is 5.17. The summed E-state index contributed by atoms with van der Waals surface area (Å²) in [6.07, 6.45) is 1.13. The van der Waals surface area contributed by atoms with Gasteiger partial charge in [0.2, 0.25) is 0 Å². The van der Waals surface area contributed by atoms with Crippen LogP contribution in [0, 0.1) is 24.2 Å². The average molecular weight is 185 g/mol. The van der Waals surface area contributed by atoms with E-state index in [1.165, 1.54) is 11.1 Å². The lowest BCUT2D eigenvalue weighted by Crippen LogP contribution is -1.97. The van der Waals surface area contributed by atoms with Crippen LogP contribution in [-0.4, -0.2) is 0 Å². The molecule has 0 spiro atoms. The minimum Gasteiger partial charge on any atom is -0.192 e. The molecule has 1 aromatic carbocycles. The molecule has 1 aromatic rings. The third-order valence-electron chi connectivity index (χ3n) is 3.49. The lowest BCUT2D eigenvalue weighted by Gasteiger charge is -2.10. The highest BCUT2D eigenvalue weighted by Crippen LogP contribution is 2.38. The van der Waals surface area contributed by atoms with Crippen LogP contribution in [0.2, 0.25) is 0 Å². The van der Waals surface area contributed by atoms with Crippen molar-refractivity contribution >= 4 is 0 Å². The minimum atomic E-state index is 0.649. The summed E-state index contributed by atoms with van der Waals surface area (Å²) in [6, 6.07) is 6.53. The predicted molar refractivity (Wildman–Crippen MR) is 57.2 cm³/mol. The maximum absolute atomic E-state index is 8.93. The Morgan fingerprint density at radius 1 is 1.36 bits per heavy atom. The molecular formula is C13H15N. The van der Waals surface area contributed by atoms with Crippen molar-refractivity contribution in [3.63, 3.8) is 0 Å². The molecule has 0 bridgehead atoms. The van der Waals surface area contributed by atoms with Crippen LogP contribution in [0.1, 0.15) is 42.0 Å². The number of benzene rings is 1. The Balaban J connectivity index is 2.56. The number of aryl methyl sites for hydroxylation is 1. The first-order valence-electron chi connectivity index (χ1n) is 5.17. The van der Waals surface area contributed by atoms with Crippen molar-refractivity contribution in [2.45, 2.75) is 33.1 Å². The van der Waals surface area contributed by atoms with Gasteiger partial charge < -0.3 is 0 Å². The van der Waals surface area contributed by atoms with E-state index in [1.54, 1.807) is 0 Å². The maximum Gasteiger partial charge on any atom is 0.0994 e. The quantitative estimate of drug-likeness (QED) is 0.609. The van der Waals surface area contributed by atoms with Crippen LogP contribution in [0.15, 0.2) is 12.1 Å². The summed E-state index contributed by atoms with van der Waals surface area (Å²) < 4.78 is 0. The number of hydrogen-bond donors (Lipinski definition) is 0. The molecule has 2 rings (SSSR count). The molecule has 0 heterocycles. The second-order valence-electron chi connectivity index (χ2n) is 4.45. The summed E-state index contributed by atoms with van der Waals surface area (Å²) in [5.74, 6) is 1.37. The van der Waals surface area contributed by atoms with E-state index in [9.17, 15) is 0 Å². The van der Waals surface area contributed by atoms with Crippen molar-refractivity contribution in [3.05, 3.63) is 34.4 Å². The van der Waals surface area contributed by atoms with Gasteiger partial charge in [0.15, 0.2) is 0 Å². The molecule has 72 valence electrons. The molecule has 0 saturated heterocycles. The minimum absolute atomic E-state index is 0.649. The van der Waals surface area contributed by atoms with Gasteiger partial charge in [-0.1, -0.05) is 19.9 Å². The first kappa shape index (κ1) is 9.27. The Labute approximate surface area is 85.4 Å². The molecule has 1 aliphatic carbocycles. The fourth-order valence-electron chi connectivity index (χ4n) is 2.33. The Kier molecular flexibility index (Phi) is 2.07. The smallest absolute Gasteiger partial charge is 0.0994 e. The first-order chi connectivity index (χ1) is 6.63. The summed E-state index contributed by atoms with van der Waals surface area (Å²) in [5, 5.41) is 8.93. The van der Waals surface area contributed by atoms with Gasteiger partial charge in [-0.25, -0.2) is 0 Å². The molecule has 14 heavy (non-hydrogen) atoms. The highest BCUT2D eigenvalue weighted by atomic mass is 14.3. The van der Waals surface area contributed by atoms with E-state index in [0.717, 1.165) is 23.5 Å². The van der Waals surface area contributed by atoms with E-state index < -0.39 is 0 Å². The highest BCUT2D eigenvalue weighted by Gasteiger charge is 2.26. The molecule has 0 unspecified atom stereocenters. The van der Waals surface area contributed by atoms with E-state index in [1.807, 2.05) is 6.92 Å². The van der Waals surface area contributed by atoms with Crippen molar-refractivity contribution in [2.75, 3.05) is 0 Å². The van der Waals surface area contributed by atoms with Crippen molar-refractivity contribution in [3.8, 4) is 6.07 Å². The molecule has 0 fully saturated rings. The van der Waals surface area contributed by atoms with Gasteiger partial charge in [0, 0.05) is 0 Å². The van der Waals surface area contributed by atoms with E-state index in [4.69, 9.17) is 5.26 Å². The molecular weight excluding hydrogens is 170 g/mol. The average Bonchev–Trinajstić information content (AvgIpc) is 2.43. The summed E-state index contributed by atoms with van der Waals surface area (Å²) in [6.45, 7) is 6.59. The summed E-state index contributed by atoms with van der Waals surface area (Å²) in [4.78, 5) is 0. The van der Waals surface area contributed by atoms with Crippen LogP contribution in [0.3, 0.4) is 0 Å². The molecule has 0 aliphatic heterocycles. The van der Waals surface area contributed by atoms with Crippen molar-refractivity contribution < 1.29 is 0 Å².